The summed E-state index contributed by atoms with van der Waals surface area (Å²) < 4.78 is 0. The molecule has 1 aromatic rings. The highest BCUT2D eigenvalue weighted by Gasteiger charge is 2.26. The second-order valence-electron chi connectivity index (χ2n) is 9.69. The van der Waals surface area contributed by atoms with Gasteiger partial charge in [0.2, 0.25) is 11.8 Å². The molecule has 198 valence electrons. The van der Waals surface area contributed by atoms with Gasteiger partial charge in [0, 0.05) is 19.4 Å². The molecule has 0 aliphatic heterocycles. The molecule has 0 fully saturated rings. The lowest BCUT2D eigenvalue weighted by molar-refractivity contribution is -0.141. The van der Waals surface area contributed by atoms with Crippen molar-refractivity contribution in [3.63, 3.8) is 0 Å². The van der Waals surface area contributed by atoms with Crippen molar-refractivity contribution in [2.24, 2.45) is 5.92 Å². The SMILES string of the molecule is CCCCCCCCCCCCCCCC(CC(=O)O)C(=O)N[C@@H](Cc1ccccc1)C(=O)NC. The Kier molecular flexibility index (Phi) is 17.4. The minimum absolute atomic E-state index is 0.212. The van der Waals surface area contributed by atoms with Crippen molar-refractivity contribution < 1.29 is 19.5 Å². The van der Waals surface area contributed by atoms with Crippen LogP contribution in [0.1, 0.15) is 109 Å². The number of benzene rings is 1. The summed E-state index contributed by atoms with van der Waals surface area (Å²) in [6.07, 6.45) is 16.8. The van der Waals surface area contributed by atoms with E-state index in [9.17, 15) is 19.5 Å². The van der Waals surface area contributed by atoms with Crippen LogP contribution in [0.15, 0.2) is 30.3 Å². The topological polar surface area (TPSA) is 95.5 Å². The first-order valence-electron chi connectivity index (χ1n) is 13.8. The molecular formula is C29H48N2O4. The van der Waals surface area contributed by atoms with Gasteiger partial charge in [-0.25, -0.2) is 0 Å². The van der Waals surface area contributed by atoms with Gasteiger partial charge in [-0.1, -0.05) is 121 Å². The quantitative estimate of drug-likeness (QED) is 0.184. The molecule has 1 unspecified atom stereocenters. The van der Waals surface area contributed by atoms with E-state index in [0.717, 1.165) is 24.8 Å². The number of rotatable bonds is 21. The van der Waals surface area contributed by atoms with E-state index in [2.05, 4.69) is 17.6 Å². The molecule has 0 radical (unpaired) electrons. The van der Waals surface area contributed by atoms with Crippen molar-refractivity contribution in [3.05, 3.63) is 35.9 Å². The number of carbonyl (C=O) groups is 3. The van der Waals surface area contributed by atoms with Gasteiger partial charge in [0.1, 0.15) is 6.04 Å². The predicted molar refractivity (Wildman–Crippen MR) is 142 cm³/mol. The Hall–Kier alpha value is -2.37. The zero-order chi connectivity index (χ0) is 25.7. The van der Waals surface area contributed by atoms with Crippen LogP contribution in [0.2, 0.25) is 0 Å². The van der Waals surface area contributed by atoms with Crippen molar-refractivity contribution in [3.8, 4) is 0 Å². The fraction of sp³-hybridized carbons (Fsp3) is 0.690. The lowest BCUT2D eigenvalue weighted by Gasteiger charge is -2.21. The van der Waals surface area contributed by atoms with E-state index in [1.165, 1.54) is 71.3 Å². The molecule has 1 aromatic carbocycles. The number of carboxylic acid groups (broad SMARTS) is 1. The lowest BCUT2D eigenvalue weighted by Crippen LogP contribution is -2.49. The molecule has 2 atom stereocenters. The Morgan fingerprint density at radius 3 is 1.77 bits per heavy atom. The Bertz CT molecular complexity index is 708. The summed E-state index contributed by atoms with van der Waals surface area (Å²) in [4.78, 5) is 36.6. The number of aliphatic carboxylic acids is 1. The summed E-state index contributed by atoms with van der Waals surface area (Å²) in [5.41, 5.74) is 0.938. The first kappa shape index (κ1) is 30.7. The fourth-order valence-electron chi connectivity index (χ4n) is 4.47. The highest BCUT2D eigenvalue weighted by Crippen LogP contribution is 2.18. The van der Waals surface area contributed by atoms with Crippen LogP contribution < -0.4 is 10.6 Å². The normalized spacial score (nSPS) is 12.6. The van der Waals surface area contributed by atoms with Gasteiger partial charge in [-0.05, 0) is 12.0 Å². The van der Waals surface area contributed by atoms with Crippen LogP contribution in [-0.2, 0) is 20.8 Å². The third-order valence-corrected chi connectivity index (χ3v) is 6.61. The van der Waals surface area contributed by atoms with E-state index < -0.39 is 17.9 Å². The van der Waals surface area contributed by atoms with E-state index in [4.69, 9.17) is 0 Å². The molecule has 2 amide bonds. The maximum Gasteiger partial charge on any atom is 0.304 e. The highest BCUT2D eigenvalue weighted by molar-refractivity contribution is 5.89. The lowest BCUT2D eigenvalue weighted by atomic mass is 9.95. The number of nitrogens with one attached hydrogen (secondary N) is 2. The first-order chi connectivity index (χ1) is 17.0. The number of carboxylic acids is 1. The van der Waals surface area contributed by atoms with Gasteiger partial charge in [0.25, 0.3) is 0 Å². The maximum atomic E-state index is 12.9. The number of amides is 2. The first-order valence-corrected chi connectivity index (χ1v) is 13.8. The van der Waals surface area contributed by atoms with Gasteiger partial charge < -0.3 is 15.7 Å². The van der Waals surface area contributed by atoms with Crippen molar-refractivity contribution in [2.45, 2.75) is 116 Å². The predicted octanol–water partition coefficient (Wildman–Crippen LogP) is 6.03. The zero-order valence-corrected chi connectivity index (χ0v) is 22.0. The van der Waals surface area contributed by atoms with Gasteiger partial charge in [0.15, 0.2) is 0 Å². The molecule has 0 saturated carbocycles. The Balaban J connectivity index is 2.34. The summed E-state index contributed by atoms with van der Waals surface area (Å²) in [5.74, 6) is -2.24. The molecule has 1 rings (SSSR count). The number of carbonyl (C=O) groups excluding carboxylic acids is 2. The van der Waals surface area contributed by atoms with Crippen LogP contribution in [-0.4, -0.2) is 36.0 Å². The highest BCUT2D eigenvalue weighted by atomic mass is 16.4. The molecule has 0 saturated heterocycles. The van der Waals surface area contributed by atoms with Crippen molar-refractivity contribution in [1.29, 1.82) is 0 Å². The molecule has 0 bridgehead atoms. The average Bonchev–Trinajstić information content (AvgIpc) is 2.85. The largest absolute Gasteiger partial charge is 0.481 e. The molecule has 0 aliphatic carbocycles. The number of unbranched alkanes of at least 4 members (excludes halogenated alkanes) is 12. The Morgan fingerprint density at radius 1 is 0.771 bits per heavy atom. The van der Waals surface area contributed by atoms with E-state index >= 15 is 0 Å². The second kappa shape index (κ2) is 19.9. The van der Waals surface area contributed by atoms with Crippen LogP contribution in [0.25, 0.3) is 0 Å². The van der Waals surface area contributed by atoms with Crippen molar-refractivity contribution in [1.82, 2.24) is 10.6 Å². The molecule has 0 spiro atoms. The molecular weight excluding hydrogens is 440 g/mol. The summed E-state index contributed by atoms with van der Waals surface area (Å²) in [7, 11) is 1.54. The third-order valence-electron chi connectivity index (χ3n) is 6.61. The van der Waals surface area contributed by atoms with Crippen LogP contribution in [0, 0.1) is 5.92 Å². The summed E-state index contributed by atoms with van der Waals surface area (Å²) in [5, 5.41) is 14.7. The van der Waals surface area contributed by atoms with Crippen molar-refractivity contribution in [2.75, 3.05) is 7.05 Å². The molecule has 35 heavy (non-hydrogen) atoms. The molecule has 6 heteroatoms. The third kappa shape index (κ3) is 15.3. The Labute approximate surface area is 212 Å². The smallest absolute Gasteiger partial charge is 0.304 e. The van der Waals surface area contributed by atoms with E-state index in [1.54, 1.807) is 0 Å². The van der Waals surface area contributed by atoms with Crippen molar-refractivity contribution >= 4 is 17.8 Å². The summed E-state index contributed by atoms with van der Waals surface area (Å²) in [6.45, 7) is 2.25. The number of hydrogen-bond acceptors (Lipinski definition) is 3. The van der Waals surface area contributed by atoms with Gasteiger partial charge >= 0.3 is 5.97 Å². The van der Waals surface area contributed by atoms with Crippen LogP contribution in [0.3, 0.4) is 0 Å². The molecule has 0 heterocycles. The van der Waals surface area contributed by atoms with Crippen LogP contribution >= 0.6 is 0 Å². The fourth-order valence-corrected chi connectivity index (χ4v) is 4.47. The zero-order valence-electron chi connectivity index (χ0n) is 22.0. The molecule has 3 N–H and O–H groups in total. The molecule has 6 nitrogen and oxygen atoms in total. The standard InChI is InChI=1S/C29H48N2O4/c1-3-4-5-6-7-8-9-10-11-12-13-14-18-21-25(23-27(32)33)28(34)31-26(29(35)30-2)22-24-19-16-15-17-20-24/h15-17,19-20,25-26H,3-14,18,21-23H2,1-2H3,(H,30,35)(H,31,34)(H,32,33)/t25?,26-/m0/s1. The van der Waals surface area contributed by atoms with Gasteiger partial charge in [0.05, 0.1) is 6.42 Å². The van der Waals surface area contributed by atoms with Crippen LogP contribution in [0.5, 0.6) is 0 Å². The average molecular weight is 489 g/mol. The van der Waals surface area contributed by atoms with Gasteiger partial charge in [-0.2, -0.15) is 0 Å². The van der Waals surface area contributed by atoms with E-state index in [0.29, 0.717) is 12.8 Å². The molecule has 0 aromatic heterocycles. The van der Waals surface area contributed by atoms with E-state index in [1.807, 2.05) is 30.3 Å². The Morgan fingerprint density at radius 2 is 1.29 bits per heavy atom. The monoisotopic (exact) mass is 488 g/mol. The van der Waals surface area contributed by atoms with Crippen LogP contribution in [0.4, 0.5) is 0 Å². The van der Waals surface area contributed by atoms with Gasteiger partial charge in [-0.3, -0.25) is 14.4 Å². The summed E-state index contributed by atoms with van der Waals surface area (Å²) >= 11 is 0. The number of hydrogen-bond donors (Lipinski definition) is 3. The molecule has 0 aliphatic rings. The summed E-state index contributed by atoms with van der Waals surface area (Å²) in [6, 6.07) is 8.77. The maximum absolute atomic E-state index is 12.9. The van der Waals surface area contributed by atoms with Gasteiger partial charge in [-0.15, -0.1) is 0 Å². The minimum atomic E-state index is -0.987. The number of likely N-dealkylation sites (N-methyl/N-ethyl adjacent to an activating group) is 1. The second-order valence-corrected chi connectivity index (χ2v) is 9.69. The van der Waals surface area contributed by atoms with E-state index in [-0.39, 0.29) is 18.2 Å². The minimum Gasteiger partial charge on any atom is -0.481 e.